The number of nitrogen functional groups attached to an aromatic ring is 1. The van der Waals surface area contributed by atoms with Crippen molar-refractivity contribution >= 4 is 39.2 Å². The first-order valence-electron chi connectivity index (χ1n) is 6.19. The van der Waals surface area contributed by atoms with Crippen LogP contribution in [0.25, 0.3) is 10.2 Å². The molecule has 2 aromatic rings. The predicted octanol–water partition coefficient (Wildman–Crippen LogP) is 0.988. The molecule has 1 saturated heterocycles. The number of likely N-dealkylation sites (N-methyl/N-ethyl adjacent to an activating group) is 1. The number of amides is 1. The zero-order chi connectivity index (χ0) is 13.4. The van der Waals surface area contributed by atoms with Crippen molar-refractivity contribution in [1.82, 2.24) is 15.3 Å². The molecule has 2 aromatic heterocycles. The molecule has 1 fully saturated rings. The summed E-state index contributed by atoms with van der Waals surface area (Å²) in [5.74, 6) is 1.06. The summed E-state index contributed by atoms with van der Waals surface area (Å²) in [6.45, 7) is 0.819. The van der Waals surface area contributed by atoms with Crippen LogP contribution in [-0.2, 0) is 4.79 Å². The molecule has 1 aliphatic rings. The fraction of sp³-hybridized carbons (Fsp3) is 0.417. The summed E-state index contributed by atoms with van der Waals surface area (Å²) in [6, 6.07) is 1.82. The fourth-order valence-corrected chi connectivity index (χ4v) is 3.30. The highest BCUT2D eigenvalue weighted by atomic mass is 32.1. The smallest absolute Gasteiger partial charge is 0.242 e. The summed E-state index contributed by atoms with van der Waals surface area (Å²) < 4.78 is 0. The van der Waals surface area contributed by atoms with E-state index in [1.165, 1.54) is 11.3 Å². The average Bonchev–Trinajstić information content (AvgIpc) is 3.04. The zero-order valence-corrected chi connectivity index (χ0v) is 11.4. The lowest BCUT2D eigenvalue weighted by Crippen LogP contribution is -2.42. The second-order valence-corrected chi connectivity index (χ2v) is 5.41. The molecule has 3 heterocycles. The normalized spacial score (nSPS) is 19.0. The molecule has 0 radical (unpaired) electrons. The Morgan fingerprint density at radius 1 is 1.58 bits per heavy atom. The number of fused-ring (bicyclic) bond motifs is 1. The summed E-state index contributed by atoms with van der Waals surface area (Å²) in [7, 11) is 1.66. The van der Waals surface area contributed by atoms with Crippen molar-refractivity contribution in [3.8, 4) is 0 Å². The number of nitrogens with one attached hydrogen (secondary N) is 1. The van der Waals surface area contributed by atoms with Gasteiger partial charge in [0.15, 0.2) is 0 Å². The lowest BCUT2D eigenvalue weighted by atomic mass is 10.2. The minimum atomic E-state index is -0.164. The van der Waals surface area contributed by atoms with Gasteiger partial charge in [-0.3, -0.25) is 4.79 Å². The molecule has 1 aliphatic heterocycles. The number of aromatic nitrogens is 2. The molecular weight excluding hydrogens is 262 g/mol. The predicted molar refractivity (Wildman–Crippen MR) is 76.3 cm³/mol. The molecule has 0 aromatic carbocycles. The average molecular weight is 277 g/mol. The summed E-state index contributed by atoms with van der Waals surface area (Å²) in [6.07, 6.45) is 1.82. The lowest BCUT2D eigenvalue weighted by molar-refractivity contribution is -0.121. The summed E-state index contributed by atoms with van der Waals surface area (Å²) in [4.78, 5) is 23.4. The van der Waals surface area contributed by atoms with Gasteiger partial charge in [-0.2, -0.15) is 4.98 Å². The highest BCUT2D eigenvalue weighted by molar-refractivity contribution is 7.16. The Kier molecular flexibility index (Phi) is 2.98. The highest BCUT2D eigenvalue weighted by Crippen LogP contribution is 2.32. The number of thiophene rings is 1. The molecular formula is C12H15N5OS. The van der Waals surface area contributed by atoms with Gasteiger partial charge in [0.2, 0.25) is 11.9 Å². The molecule has 6 nitrogen and oxygen atoms in total. The molecule has 100 valence electrons. The van der Waals surface area contributed by atoms with Crippen LogP contribution in [-0.4, -0.2) is 35.5 Å². The zero-order valence-electron chi connectivity index (χ0n) is 10.6. The summed E-state index contributed by atoms with van der Waals surface area (Å²) >= 11 is 1.53. The van der Waals surface area contributed by atoms with Crippen LogP contribution < -0.4 is 16.0 Å². The van der Waals surface area contributed by atoms with Crippen LogP contribution in [0.4, 0.5) is 11.8 Å². The molecule has 1 amide bonds. The third-order valence-corrected chi connectivity index (χ3v) is 4.20. The second kappa shape index (κ2) is 4.65. The monoisotopic (exact) mass is 277 g/mol. The van der Waals surface area contributed by atoms with Crippen LogP contribution in [0.3, 0.4) is 0 Å². The third kappa shape index (κ3) is 1.99. The van der Waals surface area contributed by atoms with E-state index in [0.29, 0.717) is 0 Å². The van der Waals surface area contributed by atoms with Gasteiger partial charge in [-0.1, -0.05) is 0 Å². The Morgan fingerprint density at radius 3 is 3.21 bits per heavy atom. The van der Waals surface area contributed by atoms with Gasteiger partial charge in [0.1, 0.15) is 16.7 Å². The van der Waals surface area contributed by atoms with Gasteiger partial charge in [-0.25, -0.2) is 4.98 Å². The molecule has 0 spiro atoms. The van der Waals surface area contributed by atoms with E-state index in [0.717, 1.165) is 35.4 Å². The van der Waals surface area contributed by atoms with E-state index >= 15 is 0 Å². The van der Waals surface area contributed by atoms with Gasteiger partial charge in [0.05, 0.1) is 5.39 Å². The number of hydrogen-bond acceptors (Lipinski definition) is 6. The Labute approximate surface area is 114 Å². The lowest BCUT2D eigenvalue weighted by Gasteiger charge is -2.24. The number of anilines is 2. The molecule has 0 bridgehead atoms. The van der Waals surface area contributed by atoms with Gasteiger partial charge in [0, 0.05) is 13.6 Å². The van der Waals surface area contributed by atoms with E-state index in [-0.39, 0.29) is 17.9 Å². The Balaban J connectivity index is 2.08. The van der Waals surface area contributed by atoms with Crippen molar-refractivity contribution < 1.29 is 4.79 Å². The van der Waals surface area contributed by atoms with E-state index in [2.05, 4.69) is 15.3 Å². The SMILES string of the molecule is CNC(=O)C1CCCN1c1nc(N)nc2sccc12. The standard InChI is InChI=1S/C12H15N5OS/c1-14-10(18)8-3-2-5-17(8)9-7-4-6-19-11(7)16-12(13)15-9/h4,6,8H,2-3,5H2,1H3,(H,14,18)(H2,13,15,16). The van der Waals surface area contributed by atoms with Crippen LogP contribution in [0.15, 0.2) is 11.4 Å². The molecule has 0 saturated carbocycles. The quantitative estimate of drug-likeness (QED) is 0.855. The number of rotatable bonds is 2. The Bertz CT molecular complexity index is 626. The van der Waals surface area contributed by atoms with Crippen molar-refractivity contribution in [2.24, 2.45) is 0 Å². The maximum absolute atomic E-state index is 11.9. The van der Waals surface area contributed by atoms with Crippen LogP contribution in [0.1, 0.15) is 12.8 Å². The third-order valence-electron chi connectivity index (χ3n) is 3.40. The maximum atomic E-state index is 11.9. The molecule has 1 unspecified atom stereocenters. The number of nitrogens with two attached hydrogens (primary N) is 1. The number of carbonyl (C=O) groups excluding carboxylic acids is 1. The summed E-state index contributed by atoms with van der Waals surface area (Å²) in [5.41, 5.74) is 5.76. The molecule has 0 aliphatic carbocycles. The van der Waals surface area contributed by atoms with Gasteiger partial charge in [-0.05, 0) is 24.3 Å². The number of hydrogen-bond donors (Lipinski definition) is 2. The van der Waals surface area contributed by atoms with E-state index in [1.54, 1.807) is 7.05 Å². The van der Waals surface area contributed by atoms with Crippen molar-refractivity contribution in [3.63, 3.8) is 0 Å². The van der Waals surface area contributed by atoms with E-state index in [1.807, 2.05) is 16.3 Å². The van der Waals surface area contributed by atoms with E-state index < -0.39 is 0 Å². The molecule has 7 heteroatoms. The molecule has 19 heavy (non-hydrogen) atoms. The largest absolute Gasteiger partial charge is 0.368 e. The van der Waals surface area contributed by atoms with Crippen LogP contribution >= 0.6 is 11.3 Å². The first-order valence-corrected chi connectivity index (χ1v) is 7.07. The van der Waals surface area contributed by atoms with Crippen LogP contribution in [0.2, 0.25) is 0 Å². The fourth-order valence-electron chi connectivity index (χ4n) is 2.53. The van der Waals surface area contributed by atoms with Crippen LogP contribution in [0, 0.1) is 0 Å². The number of nitrogens with zero attached hydrogens (tertiary/aromatic N) is 3. The first kappa shape index (κ1) is 12.2. The summed E-state index contributed by atoms with van der Waals surface area (Å²) in [5, 5.41) is 5.64. The van der Waals surface area contributed by atoms with E-state index in [9.17, 15) is 4.79 Å². The number of carbonyl (C=O) groups is 1. The minimum absolute atomic E-state index is 0.0260. The van der Waals surface area contributed by atoms with Crippen molar-refractivity contribution in [2.45, 2.75) is 18.9 Å². The van der Waals surface area contributed by atoms with Crippen molar-refractivity contribution in [2.75, 3.05) is 24.2 Å². The molecule has 3 N–H and O–H groups in total. The minimum Gasteiger partial charge on any atom is -0.368 e. The molecule has 3 rings (SSSR count). The van der Waals surface area contributed by atoms with Gasteiger partial charge < -0.3 is 16.0 Å². The Morgan fingerprint density at radius 2 is 2.42 bits per heavy atom. The van der Waals surface area contributed by atoms with Gasteiger partial charge >= 0.3 is 0 Å². The topological polar surface area (TPSA) is 84.1 Å². The van der Waals surface area contributed by atoms with E-state index in [4.69, 9.17) is 5.73 Å². The first-order chi connectivity index (χ1) is 9.20. The maximum Gasteiger partial charge on any atom is 0.242 e. The van der Waals surface area contributed by atoms with Crippen molar-refractivity contribution in [3.05, 3.63) is 11.4 Å². The van der Waals surface area contributed by atoms with Crippen LogP contribution in [0.5, 0.6) is 0 Å². The molecule has 1 atom stereocenters. The Hall–Kier alpha value is -1.89. The van der Waals surface area contributed by atoms with Crippen molar-refractivity contribution in [1.29, 1.82) is 0 Å². The van der Waals surface area contributed by atoms with Gasteiger partial charge in [-0.15, -0.1) is 11.3 Å². The highest BCUT2D eigenvalue weighted by Gasteiger charge is 2.32. The van der Waals surface area contributed by atoms with Gasteiger partial charge in [0.25, 0.3) is 0 Å². The second-order valence-electron chi connectivity index (χ2n) is 4.51.